The molecule has 2 rings (SSSR count). The lowest BCUT2D eigenvalue weighted by Crippen LogP contribution is -2.19. The van der Waals surface area contributed by atoms with Gasteiger partial charge in [0.15, 0.2) is 0 Å². The summed E-state index contributed by atoms with van der Waals surface area (Å²) in [6.07, 6.45) is 2.24. The van der Waals surface area contributed by atoms with Crippen molar-refractivity contribution < 1.29 is 5.11 Å². The van der Waals surface area contributed by atoms with Gasteiger partial charge in [-0.05, 0) is 34.3 Å². The lowest BCUT2D eigenvalue weighted by Gasteiger charge is -2.20. The van der Waals surface area contributed by atoms with Crippen LogP contribution in [0.3, 0.4) is 0 Å². The van der Waals surface area contributed by atoms with Crippen LogP contribution in [-0.4, -0.2) is 5.11 Å². The molecule has 0 spiro atoms. The molecule has 1 N–H and O–H groups in total. The molecule has 1 aliphatic carbocycles. The minimum absolute atomic E-state index is 0.403. The first-order valence-corrected chi connectivity index (χ1v) is 4.97. The Labute approximate surface area is 80.5 Å². The maximum Gasteiger partial charge on any atom is 0.147 e. The van der Waals surface area contributed by atoms with E-state index < -0.39 is 4.51 Å². The zero-order valence-electron chi connectivity index (χ0n) is 6.70. The van der Waals surface area contributed by atoms with Gasteiger partial charge in [-0.15, -0.1) is 0 Å². The van der Waals surface area contributed by atoms with E-state index in [-0.39, 0.29) is 0 Å². The zero-order valence-corrected chi connectivity index (χ0v) is 8.29. The fraction of sp³-hybridized carbons (Fsp3) is 0.400. The standard InChI is InChI=1S/C10H11BrO/c11-10(12,9-6-7-9)8-4-2-1-3-5-8/h1-5,9,12H,6-7H2. The Bertz CT molecular complexity index is 264. The summed E-state index contributed by atoms with van der Waals surface area (Å²) in [4.78, 5) is 0. The van der Waals surface area contributed by atoms with E-state index in [0.29, 0.717) is 5.92 Å². The number of hydrogen-bond acceptors (Lipinski definition) is 1. The summed E-state index contributed by atoms with van der Waals surface area (Å²) in [6.45, 7) is 0. The van der Waals surface area contributed by atoms with Gasteiger partial charge in [0.2, 0.25) is 0 Å². The van der Waals surface area contributed by atoms with Crippen LogP contribution in [0.5, 0.6) is 0 Å². The highest BCUT2D eigenvalue weighted by Crippen LogP contribution is 2.49. The van der Waals surface area contributed by atoms with Crippen molar-refractivity contribution in [1.29, 1.82) is 0 Å². The Morgan fingerprint density at radius 3 is 2.33 bits per heavy atom. The fourth-order valence-corrected chi connectivity index (χ4v) is 2.10. The van der Waals surface area contributed by atoms with E-state index in [0.717, 1.165) is 18.4 Å². The predicted molar refractivity (Wildman–Crippen MR) is 52.0 cm³/mol. The van der Waals surface area contributed by atoms with Crippen LogP contribution in [-0.2, 0) is 4.51 Å². The molecule has 0 heterocycles. The van der Waals surface area contributed by atoms with E-state index in [9.17, 15) is 5.11 Å². The number of hydrogen-bond donors (Lipinski definition) is 1. The molecule has 1 saturated carbocycles. The van der Waals surface area contributed by atoms with Crippen molar-refractivity contribution in [3.8, 4) is 0 Å². The first-order valence-electron chi connectivity index (χ1n) is 4.18. The van der Waals surface area contributed by atoms with Gasteiger partial charge >= 0.3 is 0 Å². The molecule has 1 aliphatic rings. The van der Waals surface area contributed by atoms with Gasteiger partial charge in [-0.1, -0.05) is 30.3 Å². The maximum atomic E-state index is 10.0. The third-order valence-electron chi connectivity index (χ3n) is 2.30. The van der Waals surface area contributed by atoms with Crippen LogP contribution in [0.15, 0.2) is 30.3 Å². The number of halogens is 1. The summed E-state index contributed by atoms with van der Waals surface area (Å²) in [5, 5.41) is 10.0. The maximum absolute atomic E-state index is 10.0. The van der Waals surface area contributed by atoms with Crippen molar-refractivity contribution in [2.24, 2.45) is 5.92 Å². The molecule has 0 amide bonds. The molecule has 64 valence electrons. The summed E-state index contributed by atoms with van der Waals surface area (Å²) < 4.78 is -0.783. The van der Waals surface area contributed by atoms with Crippen LogP contribution in [0, 0.1) is 5.92 Å². The minimum Gasteiger partial charge on any atom is -0.374 e. The molecule has 2 heteroatoms. The van der Waals surface area contributed by atoms with Gasteiger partial charge in [-0.2, -0.15) is 0 Å². The van der Waals surface area contributed by atoms with Crippen molar-refractivity contribution in [2.45, 2.75) is 17.4 Å². The summed E-state index contributed by atoms with van der Waals surface area (Å²) in [5.74, 6) is 0.403. The quantitative estimate of drug-likeness (QED) is 0.770. The fourth-order valence-electron chi connectivity index (χ4n) is 1.37. The summed E-state index contributed by atoms with van der Waals surface area (Å²) in [7, 11) is 0. The molecule has 1 aromatic carbocycles. The molecule has 1 nitrogen and oxygen atoms in total. The van der Waals surface area contributed by atoms with Crippen molar-refractivity contribution in [2.75, 3.05) is 0 Å². The van der Waals surface area contributed by atoms with E-state index >= 15 is 0 Å². The van der Waals surface area contributed by atoms with Crippen LogP contribution in [0.25, 0.3) is 0 Å². The highest BCUT2D eigenvalue weighted by Gasteiger charge is 2.42. The smallest absolute Gasteiger partial charge is 0.147 e. The number of rotatable bonds is 2. The normalized spacial score (nSPS) is 21.8. The molecule has 1 atom stereocenters. The van der Waals surface area contributed by atoms with E-state index in [1.54, 1.807) is 0 Å². The van der Waals surface area contributed by atoms with Gasteiger partial charge in [-0.25, -0.2) is 0 Å². The monoisotopic (exact) mass is 226 g/mol. The Hall–Kier alpha value is -0.340. The van der Waals surface area contributed by atoms with Crippen molar-refractivity contribution in [3.05, 3.63) is 35.9 Å². The second-order valence-electron chi connectivity index (χ2n) is 3.31. The molecule has 1 unspecified atom stereocenters. The Balaban J connectivity index is 2.28. The highest BCUT2D eigenvalue weighted by molar-refractivity contribution is 9.09. The van der Waals surface area contributed by atoms with Crippen LogP contribution in [0.4, 0.5) is 0 Å². The third kappa shape index (κ3) is 1.41. The van der Waals surface area contributed by atoms with Crippen molar-refractivity contribution >= 4 is 15.9 Å². The molecule has 0 saturated heterocycles. The van der Waals surface area contributed by atoms with E-state index in [2.05, 4.69) is 15.9 Å². The van der Waals surface area contributed by atoms with Gasteiger partial charge in [0, 0.05) is 5.92 Å². The molecular formula is C10H11BrO. The van der Waals surface area contributed by atoms with Gasteiger partial charge < -0.3 is 5.11 Å². The number of benzene rings is 1. The Morgan fingerprint density at radius 1 is 1.25 bits per heavy atom. The molecule has 0 bridgehead atoms. The summed E-state index contributed by atoms with van der Waals surface area (Å²) >= 11 is 3.37. The van der Waals surface area contributed by atoms with Crippen LogP contribution in [0.2, 0.25) is 0 Å². The summed E-state index contributed by atoms with van der Waals surface area (Å²) in [6, 6.07) is 9.76. The number of alkyl halides is 1. The second kappa shape index (κ2) is 2.86. The van der Waals surface area contributed by atoms with E-state index in [1.165, 1.54) is 0 Å². The molecule has 0 radical (unpaired) electrons. The van der Waals surface area contributed by atoms with Crippen LogP contribution < -0.4 is 0 Å². The van der Waals surface area contributed by atoms with Gasteiger partial charge in [-0.3, -0.25) is 0 Å². The predicted octanol–water partition coefficient (Wildman–Crippen LogP) is 2.64. The van der Waals surface area contributed by atoms with Gasteiger partial charge in [0.05, 0.1) is 0 Å². The third-order valence-corrected chi connectivity index (χ3v) is 3.40. The Kier molecular flexibility index (Phi) is 1.97. The zero-order chi connectivity index (χ0) is 8.60. The topological polar surface area (TPSA) is 20.2 Å². The molecule has 1 aromatic rings. The second-order valence-corrected chi connectivity index (χ2v) is 4.52. The molecule has 0 aromatic heterocycles. The molecule has 0 aliphatic heterocycles. The number of aliphatic hydroxyl groups is 1. The molecular weight excluding hydrogens is 216 g/mol. The van der Waals surface area contributed by atoms with Crippen molar-refractivity contribution in [1.82, 2.24) is 0 Å². The average molecular weight is 227 g/mol. The van der Waals surface area contributed by atoms with Crippen LogP contribution in [0.1, 0.15) is 18.4 Å². The van der Waals surface area contributed by atoms with E-state index in [1.807, 2.05) is 30.3 Å². The average Bonchev–Trinajstić information content (AvgIpc) is 2.88. The SMILES string of the molecule is OC(Br)(c1ccccc1)C1CC1. The first-order chi connectivity index (χ1) is 5.71. The lowest BCUT2D eigenvalue weighted by atomic mass is 10.1. The van der Waals surface area contributed by atoms with E-state index in [4.69, 9.17) is 0 Å². The lowest BCUT2D eigenvalue weighted by molar-refractivity contribution is 0.121. The summed E-state index contributed by atoms with van der Waals surface area (Å²) in [5.41, 5.74) is 0.965. The first kappa shape index (κ1) is 8.27. The highest BCUT2D eigenvalue weighted by atomic mass is 79.9. The van der Waals surface area contributed by atoms with Crippen LogP contribution >= 0.6 is 15.9 Å². The Morgan fingerprint density at radius 2 is 1.83 bits per heavy atom. The van der Waals surface area contributed by atoms with Gasteiger partial charge in [0.25, 0.3) is 0 Å². The van der Waals surface area contributed by atoms with Gasteiger partial charge in [0.1, 0.15) is 4.51 Å². The molecule has 1 fully saturated rings. The molecule has 12 heavy (non-hydrogen) atoms. The van der Waals surface area contributed by atoms with Crippen molar-refractivity contribution in [3.63, 3.8) is 0 Å². The minimum atomic E-state index is -0.783. The largest absolute Gasteiger partial charge is 0.374 e.